The van der Waals surface area contributed by atoms with Gasteiger partial charge in [-0.15, -0.1) is 11.3 Å². The van der Waals surface area contributed by atoms with Crippen molar-refractivity contribution < 1.29 is 4.74 Å². The quantitative estimate of drug-likeness (QED) is 0.563. The van der Waals surface area contributed by atoms with E-state index in [2.05, 4.69) is 23.8 Å². The van der Waals surface area contributed by atoms with Crippen LogP contribution in [0.1, 0.15) is 30.7 Å². The molecular formula is C10H18N2OS. The molecular weight excluding hydrogens is 196 g/mol. The molecule has 0 aliphatic carbocycles. The van der Waals surface area contributed by atoms with Crippen molar-refractivity contribution >= 4 is 11.3 Å². The molecule has 0 spiro atoms. The minimum Gasteiger partial charge on any atom is -0.382 e. The van der Waals surface area contributed by atoms with Crippen LogP contribution in [0, 0.1) is 0 Å². The van der Waals surface area contributed by atoms with Crippen molar-refractivity contribution in [1.82, 2.24) is 5.43 Å². The summed E-state index contributed by atoms with van der Waals surface area (Å²) < 4.78 is 5.20. The summed E-state index contributed by atoms with van der Waals surface area (Å²) in [6.45, 7) is 2.07. The molecule has 4 heteroatoms. The Kier molecular flexibility index (Phi) is 5.11. The second-order valence-corrected chi connectivity index (χ2v) is 4.34. The van der Waals surface area contributed by atoms with E-state index in [1.807, 2.05) is 6.07 Å². The maximum atomic E-state index is 5.51. The number of nitrogens with one attached hydrogen (secondary N) is 1. The summed E-state index contributed by atoms with van der Waals surface area (Å²) in [5, 5.41) is 2.07. The van der Waals surface area contributed by atoms with E-state index in [9.17, 15) is 0 Å². The molecule has 0 amide bonds. The van der Waals surface area contributed by atoms with Crippen LogP contribution >= 0.6 is 11.3 Å². The highest BCUT2D eigenvalue weighted by atomic mass is 32.1. The van der Waals surface area contributed by atoms with Crippen molar-refractivity contribution in [3.8, 4) is 0 Å². The van der Waals surface area contributed by atoms with Gasteiger partial charge in [-0.25, -0.2) is 0 Å². The first-order chi connectivity index (χ1) is 6.77. The zero-order valence-corrected chi connectivity index (χ0v) is 9.51. The van der Waals surface area contributed by atoms with Crippen LogP contribution in [0.2, 0.25) is 0 Å². The maximum Gasteiger partial charge on any atom is 0.0554 e. The van der Waals surface area contributed by atoms with Crippen molar-refractivity contribution in [2.75, 3.05) is 7.11 Å². The summed E-state index contributed by atoms with van der Waals surface area (Å²) in [5.74, 6) is 5.51. The van der Waals surface area contributed by atoms with E-state index in [4.69, 9.17) is 10.6 Å². The lowest BCUT2D eigenvalue weighted by atomic mass is 10.1. The van der Waals surface area contributed by atoms with Gasteiger partial charge in [0.15, 0.2) is 0 Å². The minimum atomic E-state index is 0.257. The van der Waals surface area contributed by atoms with Gasteiger partial charge in [-0.05, 0) is 31.2 Å². The van der Waals surface area contributed by atoms with E-state index in [1.165, 1.54) is 4.88 Å². The standard InChI is InChI=1S/C10H18N2OS/c1-8(13-2)5-6-9(12-11)10-4-3-7-14-10/h3-4,7-9,12H,5-6,11H2,1-2H3. The lowest BCUT2D eigenvalue weighted by Crippen LogP contribution is -2.28. The molecule has 3 N–H and O–H groups in total. The molecule has 2 unspecified atom stereocenters. The average Bonchev–Trinajstić information content (AvgIpc) is 2.72. The monoisotopic (exact) mass is 214 g/mol. The molecule has 1 aromatic heterocycles. The number of nitrogens with two attached hydrogens (primary N) is 1. The lowest BCUT2D eigenvalue weighted by Gasteiger charge is -2.16. The molecule has 0 radical (unpaired) electrons. The molecule has 2 atom stereocenters. The topological polar surface area (TPSA) is 47.3 Å². The molecule has 0 saturated heterocycles. The summed E-state index contributed by atoms with van der Waals surface area (Å²) in [4.78, 5) is 1.29. The Hall–Kier alpha value is -0.420. The van der Waals surface area contributed by atoms with E-state index < -0.39 is 0 Å². The molecule has 0 bridgehead atoms. The first kappa shape index (κ1) is 11.7. The number of hydrogen-bond acceptors (Lipinski definition) is 4. The van der Waals surface area contributed by atoms with Gasteiger partial charge in [0.05, 0.1) is 12.1 Å². The van der Waals surface area contributed by atoms with Crippen molar-refractivity contribution in [3.63, 3.8) is 0 Å². The first-order valence-electron chi connectivity index (χ1n) is 4.80. The number of methoxy groups -OCH3 is 1. The highest BCUT2D eigenvalue weighted by Crippen LogP contribution is 2.23. The Morgan fingerprint density at radius 2 is 2.36 bits per heavy atom. The molecule has 0 aliphatic rings. The molecule has 80 valence electrons. The van der Waals surface area contributed by atoms with Crippen LogP contribution in [0.4, 0.5) is 0 Å². The van der Waals surface area contributed by atoms with Crippen LogP contribution in [0.3, 0.4) is 0 Å². The fraction of sp³-hybridized carbons (Fsp3) is 0.600. The Bertz CT molecular complexity index is 238. The molecule has 1 rings (SSSR count). The fourth-order valence-electron chi connectivity index (χ4n) is 1.32. The van der Waals surface area contributed by atoms with Crippen LogP contribution in [0.5, 0.6) is 0 Å². The summed E-state index contributed by atoms with van der Waals surface area (Å²) in [7, 11) is 1.74. The summed E-state index contributed by atoms with van der Waals surface area (Å²) in [5.41, 5.74) is 2.84. The van der Waals surface area contributed by atoms with Gasteiger partial charge in [-0.3, -0.25) is 11.3 Å². The number of ether oxygens (including phenoxy) is 1. The third kappa shape index (κ3) is 3.38. The van der Waals surface area contributed by atoms with Crippen molar-refractivity contribution in [2.24, 2.45) is 5.84 Å². The van der Waals surface area contributed by atoms with Crippen molar-refractivity contribution in [1.29, 1.82) is 0 Å². The van der Waals surface area contributed by atoms with Crippen molar-refractivity contribution in [2.45, 2.75) is 31.9 Å². The Morgan fingerprint density at radius 3 is 2.86 bits per heavy atom. The van der Waals surface area contributed by atoms with Gasteiger partial charge in [0.1, 0.15) is 0 Å². The van der Waals surface area contributed by atoms with Crippen LogP contribution in [0.25, 0.3) is 0 Å². The van der Waals surface area contributed by atoms with Crippen molar-refractivity contribution in [3.05, 3.63) is 22.4 Å². The average molecular weight is 214 g/mol. The SMILES string of the molecule is COC(C)CCC(NN)c1cccs1. The van der Waals surface area contributed by atoms with Crippen LogP contribution < -0.4 is 11.3 Å². The van der Waals surface area contributed by atoms with Gasteiger partial charge in [0.25, 0.3) is 0 Å². The van der Waals surface area contributed by atoms with Gasteiger partial charge < -0.3 is 4.74 Å². The largest absolute Gasteiger partial charge is 0.382 e. The second kappa shape index (κ2) is 6.14. The molecule has 0 saturated carbocycles. The number of hydrazine groups is 1. The van der Waals surface area contributed by atoms with Gasteiger partial charge in [0.2, 0.25) is 0 Å². The second-order valence-electron chi connectivity index (χ2n) is 3.36. The van der Waals surface area contributed by atoms with Crippen LogP contribution in [0.15, 0.2) is 17.5 Å². The molecule has 14 heavy (non-hydrogen) atoms. The third-order valence-corrected chi connectivity index (χ3v) is 3.34. The number of thiophene rings is 1. The molecule has 1 heterocycles. The van der Waals surface area contributed by atoms with Crippen LogP contribution in [-0.4, -0.2) is 13.2 Å². The zero-order chi connectivity index (χ0) is 10.4. The van der Waals surface area contributed by atoms with E-state index in [0.29, 0.717) is 6.10 Å². The highest BCUT2D eigenvalue weighted by Gasteiger charge is 2.11. The normalized spacial score (nSPS) is 15.4. The summed E-state index contributed by atoms with van der Waals surface area (Å²) in [6.07, 6.45) is 2.32. The number of rotatable bonds is 6. The predicted molar refractivity (Wildman–Crippen MR) is 60.1 cm³/mol. The molecule has 0 fully saturated rings. The third-order valence-electron chi connectivity index (χ3n) is 2.35. The van der Waals surface area contributed by atoms with Crippen LogP contribution in [-0.2, 0) is 4.74 Å². The maximum absolute atomic E-state index is 5.51. The lowest BCUT2D eigenvalue weighted by molar-refractivity contribution is 0.106. The molecule has 1 aromatic rings. The summed E-state index contributed by atoms with van der Waals surface area (Å²) >= 11 is 1.73. The molecule has 0 aromatic carbocycles. The van der Waals surface area contributed by atoms with E-state index in [1.54, 1.807) is 18.4 Å². The minimum absolute atomic E-state index is 0.257. The Morgan fingerprint density at radius 1 is 1.57 bits per heavy atom. The highest BCUT2D eigenvalue weighted by molar-refractivity contribution is 7.10. The van der Waals surface area contributed by atoms with Gasteiger partial charge in [-0.1, -0.05) is 6.07 Å². The van der Waals surface area contributed by atoms with Gasteiger partial charge >= 0.3 is 0 Å². The summed E-state index contributed by atoms with van der Waals surface area (Å²) in [6, 6.07) is 4.41. The zero-order valence-electron chi connectivity index (χ0n) is 8.69. The first-order valence-corrected chi connectivity index (χ1v) is 5.68. The van der Waals surface area contributed by atoms with E-state index in [-0.39, 0.29) is 6.04 Å². The van der Waals surface area contributed by atoms with E-state index >= 15 is 0 Å². The van der Waals surface area contributed by atoms with E-state index in [0.717, 1.165) is 12.8 Å². The molecule has 0 aliphatic heterocycles. The smallest absolute Gasteiger partial charge is 0.0554 e. The predicted octanol–water partition coefficient (Wildman–Crippen LogP) is 2.07. The number of hydrogen-bond donors (Lipinski definition) is 2. The Labute approximate surface area is 89.2 Å². The Balaban J connectivity index is 2.40. The molecule has 3 nitrogen and oxygen atoms in total. The van der Waals surface area contributed by atoms with Gasteiger partial charge in [0, 0.05) is 12.0 Å². The fourth-order valence-corrected chi connectivity index (χ4v) is 2.14. The van der Waals surface area contributed by atoms with Gasteiger partial charge in [-0.2, -0.15) is 0 Å².